The summed E-state index contributed by atoms with van der Waals surface area (Å²) in [5.41, 5.74) is -0.137. The van der Waals surface area contributed by atoms with Gasteiger partial charge >= 0.3 is 11.9 Å². The molecule has 0 spiro atoms. The molecule has 2 atom stereocenters. The predicted molar refractivity (Wildman–Crippen MR) is 95.3 cm³/mol. The first kappa shape index (κ1) is 18.4. The summed E-state index contributed by atoms with van der Waals surface area (Å²) < 4.78 is 38.1. The molecule has 3 aromatic rings. The van der Waals surface area contributed by atoms with E-state index in [4.69, 9.17) is 11.6 Å². The van der Waals surface area contributed by atoms with E-state index < -0.39 is 23.0 Å². The Morgan fingerprint density at radius 3 is 2.43 bits per heavy atom. The molecule has 28 heavy (non-hydrogen) atoms. The number of rotatable bonds is 3. The van der Waals surface area contributed by atoms with Crippen LogP contribution in [-0.4, -0.2) is 20.2 Å². The lowest BCUT2D eigenvalue weighted by Gasteiger charge is -2.08. The number of benzene rings is 1. The molecule has 1 aromatic carbocycles. The summed E-state index contributed by atoms with van der Waals surface area (Å²) in [6.45, 7) is 0. The zero-order valence-corrected chi connectivity index (χ0v) is 14.8. The molecule has 0 amide bonds. The van der Waals surface area contributed by atoms with Crippen LogP contribution in [0.4, 0.5) is 13.2 Å². The third-order valence-electron chi connectivity index (χ3n) is 4.73. The maximum absolute atomic E-state index is 12.7. The van der Waals surface area contributed by atoms with Gasteiger partial charge in [-0.05, 0) is 47.6 Å². The summed E-state index contributed by atoms with van der Waals surface area (Å²) in [6.07, 6.45) is -2.44. The molecule has 2 aromatic heterocycles. The smallest absolute Gasteiger partial charge is 0.313 e. The Bertz CT molecular complexity index is 1150. The van der Waals surface area contributed by atoms with Crippen molar-refractivity contribution in [3.8, 4) is 11.3 Å². The van der Waals surface area contributed by atoms with Crippen LogP contribution in [0.3, 0.4) is 0 Å². The Morgan fingerprint density at radius 1 is 1.07 bits per heavy atom. The maximum Gasteiger partial charge on any atom is 0.416 e. The highest BCUT2D eigenvalue weighted by molar-refractivity contribution is 6.30. The van der Waals surface area contributed by atoms with Crippen LogP contribution in [0.5, 0.6) is 0 Å². The fourth-order valence-electron chi connectivity index (χ4n) is 3.21. The minimum Gasteiger partial charge on any atom is -0.313 e. The largest absolute Gasteiger partial charge is 0.416 e. The monoisotopic (exact) mass is 408 g/mol. The Balaban J connectivity index is 1.62. The Morgan fingerprint density at radius 2 is 1.79 bits per heavy atom. The molecule has 2 unspecified atom stereocenters. The molecule has 1 aliphatic carbocycles. The third kappa shape index (κ3) is 3.45. The van der Waals surface area contributed by atoms with Crippen LogP contribution in [0.1, 0.15) is 34.9 Å². The van der Waals surface area contributed by atoms with Crippen LogP contribution in [0.15, 0.2) is 46.1 Å². The van der Waals surface area contributed by atoms with Gasteiger partial charge in [-0.15, -0.1) is 10.2 Å². The molecule has 0 radical (unpaired) electrons. The van der Waals surface area contributed by atoms with Crippen LogP contribution >= 0.6 is 11.6 Å². The van der Waals surface area contributed by atoms with Gasteiger partial charge in [-0.25, -0.2) is 4.79 Å². The summed E-state index contributed by atoms with van der Waals surface area (Å²) >= 11 is 6.16. The average Bonchev–Trinajstić information content (AvgIpc) is 3.42. The molecule has 1 aliphatic rings. The SMILES string of the molecule is O=c1[nH]cc(-c2cc(C3CC3c3ccc(C(F)(F)F)cc3)c(Cl)nn2)c(=O)[nH]1. The molecule has 6 nitrogen and oxygen atoms in total. The second-order valence-corrected chi connectivity index (χ2v) is 6.89. The summed E-state index contributed by atoms with van der Waals surface area (Å²) in [6, 6.07) is 6.66. The van der Waals surface area contributed by atoms with Crippen molar-refractivity contribution in [3.05, 3.63) is 79.2 Å². The van der Waals surface area contributed by atoms with Crippen LogP contribution in [0, 0.1) is 0 Å². The Hall–Kier alpha value is -2.94. The van der Waals surface area contributed by atoms with E-state index in [0.717, 1.165) is 17.7 Å². The van der Waals surface area contributed by atoms with Crippen molar-refractivity contribution in [2.45, 2.75) is 24.4 Å². The number of hydrogen-bond donors (Lipinski definition) is 2. The molecule has 0 aliphatic heterocycles. The summed E-state index contributed by atoms with van der Waals surface area (Å²) in [7, 11) is 0. The van der Waals surface area contributed by atoms with Crippen LogP contribution < -0.4 is 11.2 Å². The zero-order chi connectivity index (χ0) is 20.1. The molecule has 1 fully saturated rings. The topological polar surface area (TPSA) is 91.5 Å². The maximum atomic E-state index is 12.7. The number of halogens is 4. The summed E-state index contributed by atoms with van der Waals surface area (Å²) in [5, 5.41) is 7.94. The van der Waals surface area contributed by atoms with Crippen molar-refractivity contribution < 1.29 is 13.2 Å². The molecule has 2 N–H and O–H groups in total. The van der Waals surface area contributed by atoms with Crippen LogP contribution in [0.2, 0.25) is 5.15 Å². The first-order chi connectivity index (χ1) is 13.2. The van der Waals surface area contributed by atoms with Gasteiger partial charge in [0.25, 0.3) is 5.56 Å². The highest BCUT2D eigenvalue weighted by Gasteiger charge is 2.42. The predicted octanol–water partition coefficient (Wildman–Crippen LogP) is 3.46. The molecular formula is C18H12ClF3N4O2. The number of aromatic amines is 2. The number of H-pyrrole nitrogens is 2. The Labute approximate surface area is 160 Å². The second-order valence-electron chi connectivity index (χ2n) is 6.53. The van der Waals surface area contributed by atoms with Gasteiger partial charge in [0.1, 0.15) is 5.69 Å². The van der Waals surface area contributed by atoms with E-state index in [1.807, 2.05) is 0 Å². The Kier molecular flexibility index (Phi) is 4.34. The highest BCUT2D eigenvalue weighted by atomic mass is 35.5. The van der Waals surface area contributed by atoms with Crippen LogP contribution in [0.25, 0.3) is 11.3 Å². The van der Waals surface area contributed by atoms with E-state index in [2.05, 4.69) is 20.2 Å². The van der Waals surface area contributed by atoms with Crippen molar-refractivity contribution in [2.24, 2.45) is 0 Å². The van der Waals surface area contributed by atoms with Gasteiger partial charge < -0.3 is 4.98 Å². The highest BCUT2D eigenvalue weighted by Crippen LogP contribution is 2.56. The van der Waals surface area contributed by atoms with E-state index in [1.165, 1.54) is 18.3 Å². The second kappa shape index (κ2) is 6.59. The third-order valence-corrected chi connectivity index (χ3v) is 5.02. The molecule has 144 valence electrons. The van der Waals surface area contributed by atoms with Crippen LogP contribution in [-0.2, 0) is 6.18 Å². The fourth-order valence-corrected chi connectivity index (χ4v) is 3.44. The normalized spacial score (nSPS) is 18.9. The average molecular weight is 409 g/mol. The van der Waals surface area contributed by atoms with E-state index in [-0.39, 0.29) is 28.2 Å². The van der Waals surface area contributed by atoms with Gasteiger partial charge in [0.2, 0.25) is 0 Å². The zero-order valence-electron chi connectivity index (χ0n) is 14.0. The van der Waals surface area contributed by atoms with Gasteiger partial charge in [0, 0.05) is 6.20 Å². The number of hydrogen-bond acceptors (Lipinski definition) is 4. The van der Waals surface area contributed by atoms with Crippen molar-refractivity contribution in [3.63, 3.8) is 0 Å². The number of nitrogens with one attached hydrogen (secondary N) is 2. The van der Waals surface area contributed by atoms with Crippen molar-refractivity contribution >= 4 is 11.6 Å². The van der Waals surface area contributed by atoms with Gasteiger partial charge in [-0.2, -0.15) is 13.2 Å². The fraction of sp³-hybridized carbons (Fsp3) is 0.222. The van der Waals surface area contributed by atoms with Gasteiger partial charge in [-0.3, -0.25) is 9.78 Å². The van der Waals surface area contributed by atoms with E-state index >= 15 is 0 Å². The van der Waals surface area contributed by atoms with E-state index in [0.29, 0.717) is 12.0 Å². The minimum atomic E-state index is -4.38. The molecule has 2 heterocycles. The molecule has 0 saturated heterocycles. The number of nitrogens with zero attached hydrogens (tertiary/aromatic N) is 2. The molecule has 10 heteroatoms. The molecule has 1 saturated carbocycles. The van der Waals surface area contributed by atoms with Gasteiger partial charge in [0.15, 0.2) is 5.15 Å². The first-order valence-electron chi connectivity index (χ1n) is 8.26. The molecule has 0 bridgehead atoms. The van der Waals surface area contributed by atoms with E-state index in [9.17, 15) is 22.8 Å². The number of aromatic nitrogens is 4. The van der Waals surface area contributed by atoms with Gasteiger partial charge in [0.05, 0.1) is 11.1 Å². The summed E-state index contributed by atoms with van der Waals surface area (Å²) in [4.78, 5) is 27.6. The quantitative estimate of drug-likeness (QED) is 0.694. The first-order valence-corrected chi connectivity index (χ1v) is 8.64. The lowest BCUT2D eigenvalue weighted by Crippen LogP contribution is -2.23. The lowest BCUT2D eigenvalue weighted by atomic mass is 10.0. The standard InChI is InChI=1S/C18H12ClF3N4O2/c19-15-12(6-14(25-26-15)13-7-23-17(28)24-16(13)27)11-5-10(11)8-1-3-9(4-2-8)18(20,21)22/h1-4,6-7,10-11H,5H2,(H2,23,24,27,28). The van der Waals surface area contributed by atoms with Crippen molar-refractivity contribution in [2.75, 3.05) is 0 Å². The minimum absolute atomic E-state index is 0.00528. The van der Waals surface area contributed by atoms with Crippen molar-refractivity contribution in [1.29, 1.82) is 0 Å². The molecule has 4 rings (SSSR count). The van der Waals surface area contributed by atoms with Crippen molar-refractivity contribution in [1.82, 2.24) is 20.2 Å². The van der Waals surface area contributed by atoms with Gasteiger partial charge in [-0.1, -0.05) is 23.7 Å². The molecular weight excluding hydrogens is 397 g/mol. The summed E-state index contributed by atoms with van der Waals surface area (Å²) in [5.74, 6) is -0.0361. The lowest BCUT2D eigenvalue weighted by molar-refractivity contribution is -0.137. The number of alkyl halides is 3. The van der Waals surface area contributed by atoms with E-state index in [1.54, 1.807) is 6.07 Å².